The van der Waals surface area contributed by atoms with Crippen molar-refractivity contribution in [3.63, 3.8) is 0 Å². The maximum absolute atomic E-state index is 8.72. The maximum atomic E-state index is 8.72. The molecule has 0 aliphatic heterocycles. The summed E-state index contributed by atoms with van der Waals surface area (Å²) >= 11 is 0. The lowest BCUT2D eigenvalue weighted by Gasteiger charge is -2.29. The second-order valence-corrected chi connectivity index (χ2v) is 4.32. The van der Waals surface area contributed by atoms with Crippen LogP contribution in [0.15, 0.2) is 29.5 Å². The minimum Gasteiger partial charge on any atom is -0.350 e. The summed E-state index contributed by atoms with van der Waals surface area (Å²) in [6.07, 6.45) is 7.08. The average molecular weight is 245 g/mol. The molecule has 0 saturated heterocycles. The fourth-order valence-corrected chi connectivity index (χ4v) is 1.42. The van der Waals surface area contributed by atoms with Gasteiger partial charge in [0.2, 0.25) is 12.2 Å². The summed E-state index contributed by atoms with van der Waals surface area (Å²) in [6.45, 7) is 6.31. The molecular weight excluding hydrogens is 226 g/mol. The Morgan fingerprint density at radius 3 is 2.72 bits per heavy atom. The number of aromatic nitrogens is 1. The Morgan fingerprint density at radius 1 is 1.50 bits per heavy atom. The molecule has 0 radical (unpaired) electrons. The third-order valence-electron chi connectivity index (χ3n) is 3.07. The van der Waals surface area contributed by atoms with Crippen LogP contribution in [0.4, 0.5) is 5.69 Å². The van der Waals surface area contributed by atoms with Crippen LogP contribution >= 0.6 is 0 Å². The van der Waals surface area contributed by atoms with E-state index in [1.165, 1.54) is 0 Å². The predicted octanol–water partition coefficient (Wildman–Crippen LogP) is 2.50. The fourth-order valence-electron chi connectivity index (χ4n) is 1.42. The monoisotopic (exact) mass is 245 g/mol. The minimum absolute atomic E-state index is 0.0785. The van der Waals surface area contributed by atoms with Crippen LogP contribution in [0.3, 0.4) is 0 Å². The van der Waals surface area contributed by atoms with Gasteiger partial charge in [0.25, 0.3) is 0 Å². The zero-order chi connectivity index (χ0) is 13.4. The molecule has 0 unspecified atom stereocenters. The highest BCUT2D eigenvalue weighted by molar-refractivity contribution is 5.94. The van der Waals surface area contributed by atoms with Crippen molar-refractivity contribution in [2.45, 2.75) is 39.2 Å². The Hall–Kier alpha value is -2.09. The number of hydrogen-bond acceptors (Lipinski definition) is 3. The van der Waals surface area contributed by atoms with Crippen molar-refractivity contribution >= 4 is 11.6 Å². The van der Waals surface area contributed by atoms with E-state index < -0.39 is 0 Å². The van der Waals surface area contributed by atoms with E-state index in [0.717, 1.165) is 18.5 Å². The Kier molecular flexibility index (Phi) is 5.12. The van der Waals surface area contributed by atoms with Gasteiger partial charge in [0.15, 0.2) is 0 Å². The predicted molar refractivity (Wildman–Crippen MR) is 73.0 cm³/mol. The second-order valence-electron chi connectivity index (χ2n) is 4.32. The zero-order valence-electron chi connectivity index (χ0n) is 11.1. The molecule has 0 amide bonds. The zero-order valence-corrected chi connectivity index (χ0v) is 11.1. The molecule has 0 aliphatic carbocycles. The van der Waals surface area contributed by atoms with Gasteiger partial charge in [-0.2, -0.15) is 5.26 Å². The molecule has 1 rings (SSSR count). The van der Waals surface area contributed by atoms with Gasteiger partial charge in [-0.05, 0) is 31.9 Å². The lowest BCUT2D eigenvalue weighted by atomic mass is 9.96. The molecule has 1 heterocycles. The van der Waals surface area contributed by atoms with Crippen molar-refractivity contribution < 1.29 is 0 Å². The molecule has 0 aromatic carbocycles. The van der Waals surface area contributed by atoms with Gasteiger partial charge in [0.1, 0.15) is 0 Å². The van der Waals surface area contributed by atoms with Crippen molar-refractivity contribution in [2.24, 2.45) is 4.99 Å². The number of nitrogens with one attached hydrogen (secondary N) is 2. The summed E-state index contributed by atoms with van der Waals surface area (Å²) in [5, 5.41) is 15.0. The SMILES string of the molecule is CCC(C)(CC)NC(=NC#N)Nc1cccnc1. The van der Waals surface area contributed by atoms with Gasteiger partial charge < -0.3 is 10.6 Å². The highest BCUT2D eigenvalue weighted by atomic mass is 15.2. The second kappa shape index (κ2) is 6.60. The van der Waals surface area contributed by atoms with Gasteiger partial charge in [-0.15, -0.1) is 4.99 Å². The van der Waals surface area contributed by atoms with Crippen LogP contribution in [0.1, 0.15) is 33.6 Å². The Bertz CT molecular complexity index is 428. The maximum Gasteiger partial charge on any atom is 0.212 e. The van der Waals surface area contributed by atoms with Crippen LogP contribution in [0, 0.1) is 11.5 Å². The molecule has 5 heteroatoms. The van der Waals surface area contributed by atoms with E-state index in [9.17, 15) is 0 Å². The third kappa shape index (κ3) is 4.06. The van der Waals surface area contributed by atoms with Gasteiger partial charge in [0.05, 0.1) is 11.9 Å². The normalized spacial score (nSPS) is 11.8. The van der Waals surface area contributed by atoms with Crippen molar-refractivity contribution in [1.82, 2.24) is 10.3 Å². The van der Waals surface area contributed by atoms with E-state index in [-0.39, 0.29) is 5.54 Å². The number of nitriles is 1. The first-order valence-electron chi connectivity index (χ1n) is 6.05. The Labute approximate surface area is 108 Å². The van der Waals surface area contributed by atoms with Crippen LogP contribution in [0.25, 0.3) is 0 Å². The Balaban J connectivity index is 2.80. The number of nitrogens with zero attached hydrogens (tertiary/aromatic N) is 3. The summed E-state index contributed by atoms with van der Waals surface area (Å²) in [4.78, 5) is 7.78. The number of guanidine groups is 1. The van der Waals surface area contributed by atoms with Crippen molar-refractivity contribution in [1.29, 1.82) is 5.26 Å². The molecule has 5 nitrogen and oxygen atoms in total. The lowest BCUT2D eigenvalue weighted by Crippen LogP contribution is -2.47. The van der Waals surface area contributed by atoms with Crippen LogP contribution in [0.2, 0.25) is 0 Å². The van der Waals surface area contributed by atoms with Crippen molar-refractivity contribution in [3.8, 4) is 6.19 Å². The number of rotatable bonds is 4. The summed E-state index contributed by atoms with van der Waals surface area (Å²) < 4.78 is 0. The van der Waals surface area contributed by atoms with E-state index in [1.54, 1.807) is 18.6 Å². The molecule has 0 aliphatic rings. The number of anilines is 1. The average Bonchev–Trinajstić information content (AvgIpc) is 2.40. The largest absolute Gasteiger partial charge is 0.350 e. The van der Waals surface area contributed by atoms with Gasteiger partial charge in [-0.1, -0.05) is 13.8 Å². The molecule has 18 heavy (non-hydrogen) atoms. The number of pyridine rings is 1. The van der Waals surface area contributed by atoms with Gasteiger partial charge >= 0.3 is 0 Å². The minimum atomic E-state index is -0.0785. The first-order valence-corrected chi connectivity index (χ1v) is 6.05. The van der Waals surface area contributed by atoms with Crippen LogP contribution in [0.5, 0.6) is 0 Å². The molecule has 1 aromatic rings. The van der Waals surface area contributed by atoms with Crippen molar-refractivity contribution in [3.05, 3.63) is 24.5 Å². The molecule has 0 fully saturated rings. The van der Waals surface area contributed by atoms with E-state index in [4.69, 9.17) is 5.26 Å². The highest BCUT2D eigenvalue weighted by Crippen LogP contribution is 2.14. The quantitative estimate of drug-likeness (QED) is 0.485. The molecular formula is C13H19N5. The van der Waals surface area contributed by atoms with E-state index in [2.05, 4.69) is 41.4 Å². The smallest absolute Gasteiger partial charge is 0.212 e. The third-order valence-corrected chi connectivity index (χ3v) is 3.07. The molecule has 0 bridgehead atoms. The highest BCUT2D eigenvalue weighted by Gasteiger charge is 2.20. The van der Waals surface area contributed by atoms with Gasteiger partial charge in [-0.3, -0.25) is 4.98 Å². The molecule has 0 atom stereocenters. The van der Waals surface area contributed by atoms with Crippen LogP contribution in [-0.2, 0) is 0 Å². The number of aliphatic imine (C=N–C) groups is 1. The Morgan fingerprint density at radius 2 is 2.22 bits per heavy atom. The number of hydrogen-bond donors (Lipinski definition) is 2. The van der Waals surface area contributed by atoms with Gasteiger partial charge in [-0.25, -0.2) is 0 Å². The molecule has 0 spiro atoms. The molecule has 0 saturated carbocycles. The van der Waals surface area contributed by atoms with E-state index in [1.807, 2.05) is 12.1 Å². The first kappa shape index (κ1) is 14.0. The first-order chi connectivity index (χ1) is 8.63. The molecule has 2 N–H and O–H groups in total. The van der Waals surface area contributed by atoms with Gasteiger partial charge in [0, 0.05) is 11.7 Å². The summed E-state index contributed by atoms with van der Waals surface area (Å²) in [6, 6.07) is 3.70. The van der Waals surface area contributed by atoms with Crippen molar-refractivity contribution in [2.75, 3.05) is 5.32 Å². The van der Waals surface area contributed by atoms with Crippen LogP contribution < -0.4 is 10.6 Å². The summed E-state index contributed by atoms with van der Waals surface area (Å²) in [5.41, 5.74) is 0.721. The molecule has 1 aromatic heterocycles. The topological polar surface area (TPSA) is 73.1 Å². The lowest BCUT2D eigenvalue weighted by molar-refractivity contribution is 0.389. The van der Waals surface area contributed by atoms with Crippen LogP contribution in [-0.4, -0.2) is 16.5 Å². The summed E-state index contributed by atoms with van der Waals surface area (Å²) in [5.74, 6) is 0.455. The summed E-state index contributed by atoms with van der Waals surface area (Å²) in [7, 11) is 0. The van der Waals surface area contributed by atoms with E-state index >= 15 is 0 Å². The molecule has 96 valence electrons. The van der Waals surface area contributed by atoms with E-state index in [0.29, 0.717) is 5.96 Å². The fraction of sp³-hybridized carbons (Fsp3) is 0.462. The standard InChI is InChI=1S/C13H19N5/c1-4-13(3,5-2)18-12(16-10-14)17-11-7-6-8-15-9-11/h6-9H,4-5H2,1-3H3,(H2,16,17,18).